The molecule has 2 unspecified atom stereocenters. The van der Waals surface area contributed by atoms with Crippen molar-refractivity contribution in [1.82, 2.24) is 0 Å². The second-order valence-electron chi connectivity index (χ2n) is 5.87. The minimum atomic E-state index is -0.133. The van der Waals surface area contributed by atoms with Crippen LogP contribution in [-0.4, -0.2) is 19.2 Å². The van der Waals surface area contributed by atoms with E-state index in [1.807, 2.05) is 6.92 Å². The fourth-order valence-electron chi connectivity index (χ4n) is 2.71. The van der Waals surface area contributed by atoms with Gasteiger partial charge in [0.2, 0.25) is 0 Å². The van der Waals surface area contributed by atoms with E-state index in [9.17, 15) is 4.79 Å². The summed E-state index contributed by atoms with van der Waals surface area (Å²) in [6.07, 6.45) is 0. The fraction of sp³-hybridized carbons (Fsp3) is 0.562. The standard InChI is InChI=1S/C16H20Cl2O3/c1-4-21-15(19)14-11(16(14,2)3)9-20-8-10-12(17)6-5-7-13(10)18/h5-7,11,14H,4,8-9H2,1-3H3. The van der Waals surface area contributed by atoms with Crippen LogP contribution in [0.4, 0.5) is 0 Å². The molecule has 1 saturated carbocycles. The van der Waals surface area contributed by atoms with Gasteiger partial charge in [0.25, 0.3) is 0 Å². The SMILES string of the molecule is CCOC(=O)C1C(COCc2c(Cl)cccc2Cl)C1(C)C. The highest BCUT2D eigenvalue weighted by molar-refractivity contribution is 6.35. The second kappa shape index (κ2) is 6.55. The number of carbonyl (C=O) groups is 1. The number of ether oxygens (including phenoxy) is 2. The summed E-state index contributed by atoms with van der Waals surface area (Å²) in [5.74, 6) is -0.0381. The highest BCUT2D eigenvalue weighted by atomic mass is 35.5. The molecule has 3 nitrogen and oxygen atoms in total. The number of hydrogen-bond donors (Lipinski definition) is 0. The van der Waals surface area contributed by atoms with Crippen LogP contribution in [0, 0.1) is 17.3 Å². The highest BCUT2D eigenvalue weighted by Gasteiger charge is 2.62. The molecule has 21 heavy (non-hydrogen) atoms. The molecule has 2 rings (SSSR count). The van der Waals surface area contributed by atoms with Gasteiger partial charge in [-0.3, -0.25) is 4.79 Å². The number of hydrogen-bond acceptors (Lipinski definition) is 3. The third kappa shape index (κ3) is 3.53. The summed E-state index contributed by atoms with van der Waals surface area (Å²) in [6.45, 7) is 7.20. The minimum absolute atomic E-state index is 0.0729. The molecule has 0 saturated heterocycles. The molecule has 0 bridgehead atoms. The Balaban J connectivity index is 1.88. The molecule has 0 spiro atoms. The zero-order chi connectivity index (χ0) is 15.6. The summed E-state index contributed by atoms with van der Waals surface area (Å²) in [5.41, 5.74) is 0.711. The maximum atomic E-state index is 11.9. The van der Waals surface area contributed by atoms with Crippen molar-refractivity contribution in [1.29, 1.82) is 0 Å². The first kappa shape index (κ1) is 16.6. The number of rotatable bonds is 6. The van der Waals surface area contributed by atoms with Crippen LogP contribution < -0.4 is 0 Å². The van der Waals surface area contributed by atoms with Gasteiger partial charge >= 0.3 is 5.97 Å². The quantitative estimate of drug-likeness (QED) is 0.727. The van der Waals surface area contributed by atoms with Crippen molar-refractivity contribution in [2.45, 2.75) is 27.4 Å². The molecule has 2 atom stereocenters. The highest BCUT2D eigenvalue weighted by Crippen LogP contribution is 2.58. The van der Waals surface area contributed by atoms with Gasteiger partial charge in [0.15, 0.2) is 0 Å². The molecule has 0 aliphatic heterocycles. The number of esters is 1. The number of benzene rings is 1. The van der Waals surface area contributed by atoms with Crippen molar-refractivity contribution in [2.75, 3.05) is 13.2 Å². The molecule has 0 aromatic heterocycles. The minimum Gasteiger partial charge on any atom is -0.466 e. The van der Waals surface area contributed by atoms with Gasteiger partial charge in [-0.05, 0) is 24.5 Å². The van der Waals surface area contributed by atoms with E-state index in [2.05, 4.69) is 13.8 Å². The van der Waals surface area contributed by atoms with E-state index >= 15 is 0 Å². The Labute approximate surface area is 135 Å². The molecule has 0 N–H and O–H groups in total. The molecular formula is C16H20Cl2O3. The zero-order valence-electron chi connectivity index (χ0n) is 12.5. The number of carbonyl (C=O) groups excluding carboxylic acids is 1. The van der Waals surface area contributed by atoms with Crippen LogP contribution in [0.15, 0.2) is 18.2 Å². The topological polar surface area (TPSA) is 35.5 Å². The van der Waals surface area contributed by atoms with Crippen molar-refractivity contribution in [2.24, 2.45) is 17.3 Å². The average Bonchev–Trinajstić information content (AvgIpc) is 2.95. The van der Waals surface area contributed by atoms with Crippen LogP contribution in [-0.2, 0) is 20.9 Å². The molecule has 0 amide bonds. The smallest absolute Gasteiger partial charge is 0.309 e. The molecule has 1 aliphatic carbocycles. The summed E-state index contributed by atoms with van der Waals surface area (Å²) in [4.78, 5) is 11.9. The van der Waals surface area contributed by atoms with Gasteiger partial charge in [-0.15, -0.1) is 0 Å². The van der Waals surface area contributed by atoms with Gasteiger partial charge in [-0.25, -0.2) is 0 Å². The van der Waals surface area contributed by atoms with Crippen molar-refractivity contribution < 1.29 is 14.3 Å². The van der Waals surface area contributed by atoms with Gasteiger partial charge in [-0.2, -0.15) is 0 Å². The van der Waals surface area contributed by atoms with Gasteiger partial charge in [-0.1, -0.05) is 43.1 Å². The van der Waals surface area contributed by atoms with E-state index in [0.717, 1.165) is 5.56 Å². The summed E-state index contributed by atoms with van der Waals surface area (Å²) in [6, 6.07) is 5.37. The molecular weight excluding hydrogens is 311 g/mol. The zero-order valence-corrected chi connectivity index (χ0v) is 14.0. The van der Waals surface area contributed by atoms with E-state index in [0.29, 0.717) is 29.9 Å². The van der Waals surface area contributed by atoms with Crippen molar-refractivity contribution in [3.8, 4) is 0 Å². The predicted octanol–water partition coefficient (Wildman–Crippen LogP) is 4.35. The summed E-state index contributed by atoms with van der Waals surface area (Å²) in [5, 5.41) is 1.19. The Bertz CT molecular complexity index is 508. The van der Waals surface area contributed by atoms with E-state index in [4.69, 9.17) is 32.7 Å². The second-order valence-corrected chi connectivity index (χ2v) is 6.69. The van der Waals surface area contributed by atoms with Gasteiger partial charge in [0, 0.05) is 21.5 Å². The lowest BCUT2D eigenvalue weighted by atomic mass is 10.1. The molecule has 1 aromatic carbocycles. The normalized spacial score (nSPS) is 22.9. The first-order valence-electron chi connectivity index (χ1n) is 7.06. The molecule has 0 heterocycles. The van der Waals surface area contributed by atoms with Crippen LogP contribution in [0.5, 0.6) is 0 Å². The first-order valence-corrected chi connectivity index (χ1v) is 7.82. The molecule has 1 aliphatic rings. The monoisotopic (exact) mass is 330 g/mol. The Hall–Kier alpha value is -0.770. The van der Waals surface area contributed by atoms with Crippen LogP contribution in [0.25, 0.3) is 0 Å². The maximum Gasteiger partial charge on any atom is 0.309 e. The third-order valence-electron chi connectivity index (χ3n) is 4.20. The van der Waals surface area contributed by atoms with E-state index < -0.39 is 0 Å². The lowest BCUT2D eigenvalue weighted by molar-refractivity contribution is -0.145. The molecule has 0 radical (unpaired) electrons. The van der Waals surface area contributed by atoms with E-state index in [1.54, 1.807) is 18.2 Å². The summed E-state index contributed by atoms with van der Waals surface area (Å²) in [7, 11) is 0. The Morgan fingerprint density at radius 2 is 1.90 bits per heavy atom. The fourth-order valence-corrected chi connectivity index (χ4v) is 3.22. The van der Waals surface area contributed by atoms with Gasteiger partial charge in [0.05, 0.1) is 25.7 Å². The van der Waals surface area contributed by atoms with E-state index in [-0.39, 0.29) is 23.2 Å². The van der Waals surface area contributed by atoms with Crippen LogP contribution in [0.2, 0.25) is 10.0 Å². The summed E-state index contributed by atoms with van der Waals surface area (Å²) < 4.78 is 10.8. The maximum absolute atomic E-state index is 11.9. The lowest BCUT2D eigenvalue weighted by Gasteiger charge is -2.08. The van der Waals surface area contributed by atoms with Gasteiger partial charge < -0.3 is 9.47 Å². The third-order valence-corrected chi connectivity index (χ3v) is 4.90. The van der Waals surface area contributed by atoms with Crippen molar-refractivity contribution in [3.63, 3.8) is 0 Å². The Morgan fingerprint density at radius 3 is 2.48 bits per heavy atom. The molecule has 116 valence electrons. The average molecular weight is 331 g/mol. The van der Waals surface area contributed by atoms with Gasteiger partial charge in [0.1, 0.15) is 0 Å². The summed E-state index contributed by atoms with van der Waals surface area (Å²) >= 11 is 12.2. The Kier molecular flexibility index (Phi) is 5.18. The first-order chi connectivity index (χ1) is 9.89. The van der Waals surface area contributed by atoms with Crippen LogP contribution in [0.1, 0.15) is 26.3 Å². The Morgan fingerprint density at radius 1 is 1.29 bits per heavy atom. The van der Waals surface area contributed by atoms with E-state index in [1.165, 1.54) is 0 Å². The van der Waals surface area contributed by atoms with Crippen LogP contribution >= 0.6 is 23.2 Å². The van der Waals surface area contributed by atoms with Crippen molar-refractivity contribution in [3.05, 3.63) is 33.8 Å². The van der Waals surface area contributed by atoms with Crippen molar-refractivity contribution >= 4 is 29.2 Å². The largest absolute Gasteiger partial charge is 0.466 e. The molecule has 1 aromatic rings. The number of halogens is 2. The lowest BCUT2D eigenvalue weighted by Crippen LogP contribution is -2.10. The molecule has 1 fully saturated rings. The molecule has 5 heteroatoms. The van der Waals surface area contributed by atoms with Crippen LogP contribution in [0.3, 0.4) is 0 Å². The predicted molar refractivity (Wildman–Crippen MR) is 83.5 cm³/mol.